The highest BCUT2D eigenvalue weighted by Crippen LogP contribution is 2.29. The fraction of sp³-hybridized carbons (Fsp3) is 0.588. The number of carbonyl (C=O) groups is 1. The van der Waals surface area contributed by atoms with E-state index in [4.69, 9.17) is 9.47 Å². The molecular weight excluding hydrogens is 266 g/mol. The first-order chi connectivity index (χ1) is 10.1. The molecule has 1 heterocycles. The van der Waals surface area contributed by atoms with Crippen molar-refractivity contribution in [1.29, 1.82) is 0 Å². The Morgan fingerprint density at radius 1 is 1.33 bits per heavy atom. The van der Waals surface area contributed by atoms with Gasteiger partial charge in [0, 0.05) is 19.8 Å². The summed E-state index contributed by atoms with van der Waals surface area (Å²) >= 11 is 0. The molecule has 1 saturated heterocycles. The quantitative estimate of drug-likeness (QED) is 0.819. The van der Waals surface area contributed by atoms with Crippen molar-refractivity contribution in [2.45, 2.75) is 32.7 Å². The Labute approximate surface area is 126 Å². The summed E-state index contributed by atoms with van der Waals surface area (Å²) in [7, 11) is 0. The monoisotopic (exact) mass is 291 g/mol. The fourth-order valence-electron chi connectivity index (χ4n) is 2.60. The Balaban J connectivity index is 2.04. The summed E-state index contributed by atoms with van der Waals surface area (Å²) in [5, 5.41) is 3.40. The van der Waals surface area contributed by atoms with Crippen LogP contribution in [-0.4, -0.2) is 32.3 Å². The van der Waals surface area contributed by atoms with E-state index in [-0.39, 0.29) is 11.4 Å². The van der Waals surface area contributed by atoms with Crippen molar-refractivity contribution < 1.29 is 14.3 Å². The van der Waals surface area contributed by atoms with Crippen LogP contribution in [0.25, 0.3) is 0 Å². The second-order valence-electron chi connectivity index (χ2n) is 5.90. The molecule has 1 aromatic rings. The number of rotatable bonds is 6. The van der Waals surface area contributed by atoms with Gasteiger partial charge in [0.15, 0.2) is 0 Å². The van der Waals surface area contributed by atoms with Gasteiger partial charge in [-0.2, -0.15) is 0 Å². The number of esters is 1. The minimum atomic E-state index is -0.397. The third kappa shape index (κ3) is 4.55. The number of carbonyl (C=O) groups excluding carboxylic acids is 1. The van der Waals surface area contributed by atoms with Crippen molar-refractivity contribution in [2.75, 3.05) is 26.4 Å². The zero-order chi connectivity index (χ0) is 15.1. The number of ether oxygens (including phenoxy) is 2. The third-order valence-electron chi connectivity index (χ3n) is 4.09. The average molecular weight is 291 g/mol. The first-order valence-corrected chi connectivity index (χ1v) is 7.67. The largest absolute Gasteiger partial charge is 0.465 e. The molecule has 116 valence electrons. The predicted molar refractivity (Wildman–Crippen MR) is 82.0 cm³/mol. The SMILES string of the molecule is CCOC(=O)C(NCC1(C)CCOCC1)c1ccccc1. The van der Waals surface area contributed by atoms with Crippen molar-refractivity contribution in [3.63, 3.8) is 0 Å². The highest BCUT2D eigenvalue weighted by Gasteiger charge is 2.30. The summed E-state index contributed by atoms with van der Waals surface area (Å²) < 4.78 is 10.6. The molecule has 0 bridgehead atoms. The molecule has 4 nitrogen and oxygen atoms in total. The Hall–Kier alpha value is -1.39. The summed E-state index contributed by atoms with van der Waals surface area (Å²) in [6.45, 7) is 6.86. The van der Waals surface area contributed by atoms with Crippen LogP contribution in [0.15, 0.2) is 30.3 Å². The lowest BCUT2D eigenvalue weighted by Gasteiger charge is -2.35. The van der Waals surface area contributed by atoms with Crippen molar-refractivity contribution in [3.8, 4) is 0 Å². The molecule has 0 saturated carbocycles. The van der Waals surface area contributed by atoms with Gasteiger partial charge < -0.3 is 14.8 Å². The molecule has 1 fully saturated rings. The van der Waals surface area contributed by atoms with Crippen LogP contribution >= 0.6 is 0 Å². The maximum absolute atomic E-state index is 12.2. The minimum Gasteiger partial charge on any atom is -0.465 e. The summed E-state index contributed by atoms with van der Waals surface area (Å²) in [5.41, 5.74) is 1.13. The molecule has 1 aliphatic rings. The van der Waals surface area contributed by atoms with Gasteiger partial charge in [0.25, 0.3) is 0 Å². The van der Waals surface area contributed by atoms with Crippen LogP contribution in [-0.2, 0) is 14.3 Å². The topological polar surface area (TPSA) is 47.6 Å². The van der Waals surface area contributed by atoms with Gasteiger partial charge in [-0.05, 0) is 30.7 Å². The number of benzene rings is 1. The molecule has 2 rings (SSSR count). The van der Waals surface area contributed by atoms with E-state index in [1.807, 2.05) is 37.3 Å². The van der Waals surface area contributed by atoms with Crippen LogP contribution in [0.5, 0.6) is 0 Å². The van der Waals surface area contributed by atoms with E-state index in [2.05, 4.69) is 12.2 Å². The van der Waals surface area contributed by atoms with Gasteiger partial charge in [0.2, 0.25) is 0 Å². The normalized spacial score (nSPS) is 19.0. The summed E-state index contributed by atoms with van der Waals surface area (Å²) in [5.74, 6) is -0.209. The molecule has 1 unspecified atom stereocenters. The summed E-state index contributed by atoms with van der Waals surface area (Å²) in [4.78, 5) is 12.2. The second-order valence-corrected chi connectivity index (χ2v) is 5.90. The lowest BCUT2D eigenvalue weighted by Crippen LogP contribution is -2.40. The van der Waals surface area contributed by atoms with Crippen LogP contribution in [0.2, 0.25) is 0 Å². The average Bonchev–Trinajstić information content (AvgIpc) is 2.49. The van der Waals surface area contributed by atoms with Gasteiger partial charge in [-0.1, -0.05) is 37.3 Å². The van der Waals surface area contributed by atoms with Gasteiger partial charge in [-0.3, -0.25) is 0 Å². The number of hydrogen-bond donors (Lipinski definition) is 1. The molecule has 1 N–H and O–H groups in total. The first-order valence-electron chi connectivity index (χ1n) is 7.67. The van der Waals surface area contributed by atoms with Gasteiger partial charge in [0.1, 0.15) is 6.04 Å². The van der Waals surface area contributed by atoms with E-state index >= 15 is 0 Å². The van der Waals surface area contributed by atoms with E-state index in [0.717, 1.165) is 38.2 Å². The molecule has 4 heteroatoms. The molecule has 1 aliphatic heterocycles. The molecule has 0 aromatic heterocycles. The molecule has 0 amide bonds. The van der Waals surface area contributed by atoms with E-state index in [9.17, 15) is 4.79 Å². The lowest BCUT2D eigenvalue weighted by atomic mass is 9.82. The molecule has 0 aliphatic carbocycles. The van der Waals surface area contributed by atoms with E-state index < -0.39 is 6.04 Å². The first kappa shape index (κ1) is 16.0. The van der Waals surface area contributed by atoms with Crippen molar-refractivity contribution in [1.82, 2.24) is 5.32 Å². The maximum Gasteiger partial charge on any atom is 0.327 e. The molecule has 21 heavy (non-hydrogen) atoms. The van der Waals surface area contributed by atoms with Crippen molar-refractivity contribution in [3.05, 3.63) is 35.9 Å². The highest BCUT2D eigenvalue weighted by molar-refractivity contribution is 5.77. The van der Waals surface area contributed by atoms with Gasteiger partial charge in [-0.15, -0.1) is 0 Å². The van der Waals surface area contributed by atoms with Crippen LogP contribution < -0.4 is 5.32 Å². The highest BCUT2D eigenvalue weighted by atomic mass is 16.5. The van der Waals surface area contributed by atoms with E-state index in [0.29, 0.717) is 6.61 Å². The Bertz CT molecular complexity index is 441. The van der Waals surface area contributed by atoms with Crippen LogP contribution in [0.3, 0.4) is 0 Å². The van der Waals surface area contributed by atoms with Gasteiger partial charge in [0.05, 0.1) is 6.61 Å². The Kier molecular flexibility index (Phi) is 5.76. The summed E-state index contributed by atoms with van der Waals surface area (Å²) in [6, 6.07) is 9.36. The Morgan fingerprint density at radius 3 is 2.62 bits per heavy atom. The zero-order valence-electron chi connectivity index (χ0n) is 12.9. The zero-order valence-corrected chi connectivity index (χ0v) is 12.9. The molecule has 1 aromatic carbocycles. The standard InChI is InChI=1S/C17H25NO3/c1-3-21-16(19)15(14-7-5-4-6-8-14)18-13-17(2)9-11-20-12-10-17/h4-8,15,18H,3,9-13H2,1-2H3. The number of hydrogen-bond acceptors (Lipinski definition) is 4. The predicted octanol–water partition coefficient (Wildman–Crippen LogP) is 2.70. The lowest BCUT2D eigenvalue weighted by molar-refractivity contribution is -0.146. The van der Waals surface area contributed by atoms with E-state index in [1.165, 1.54) is 0 Å². The van der Waals surface area contributed by atoms with Gasteiger partial charge in [-0.25, -0.2) is 4.79 Å². The molecule has 1 atom stereocenters. The van der Waals surface area contributed by atoms with Crippen LogP contribution in [0, 0.1) is 5.41 Å². The minimum absolute atomic E-state index is 0.178. The third-order valence-corrected chi connectivity index (χ3v) is 4.09. The molecular formula is C17H25NO3. The van der Waals surface area contributed by atoms with E-state index in [1.54, 1.807) is 0 Å². The second kappa shape index (κ2) is 7.57. The van der Waals surface area contributed by atoms with Crippen molar-refractivity contribution >= 4 is 5.97 Å². The Morgan fingerprint density at radius 2 is 2.00 bits per heavy atom. The smallest absolute Gasteiger partial charge is 0.327 e. The molecule has 0 spiro atoms. The fourth-order valence-corrected chi connectivity index (χ4v) is 2.60. The van der Waals surface area contributed by atoms with Crippen LogP contribution in [0.4, 0.5) is 0 Å². The van der Waals surface area contributed by atoms with Gasteiger partial charge >= 0.3 is 5.97 Å². The summed E-state index contributed by atoms with van der Waals surface area (Å²) in [6.07, 6.45) is 2.04. The molecule has 0 radical (unpaired) electrons. The van der Waals surface area contributed by atoms with Crippen molar-refractivity contribution in [2.24, 2.45) is 5.41 Å². The maximum atomic E-state index is 12.2. The van der Waals surface area contributed by atoms with Crippen LogP contribution in [0.1, 0.15) is 38.3 Å². The number of nitrogens with one attached hydrogen (secondary N) is 1.